The van der Waals surface area contributed by atoms with Gasteiger partial charge in [0.05, 0.1) is 12.2 Å². The predicted molar refractivity (Wildman–Crippen MR) is 100 cm³/mol. The average Bonchev–Trinajstić information content (AvgIpc) is 2.43. The number of anilines is 2. The van der Waals surface area contributed by atoms with Crippen LogP contribution in [0.25, 0.3) is 0 Å². The highest BCUT2D eigenvalue weighted by Gasteiger charge is 2.11. The monoisotopic (exact) mass is 388 g/mol. The Hall–Kier alpha value is -1.76. The topological polar surface area (TPSA) is 89.3 Å². The lowest BCUT2D eigenvalue weighted by Crippen LogP contribution is -2.14. The van der Waals surface area contributed by atoms with Crippen LogP contribution in [0.1, 0.15) is 11.1 Å². The number of amides is 1. The van der Waals surface area contributed by atoms with E-state index in [-0.39, 0.29) is 30.5 Å². The molecule has 24 heavy (non-hydrogen) atoms. The van der Waals surface area contributed by atoms with Crippen LogP contribution in [0, 0.1) is 0 Å². The molecule has 1 amide bonds. The van der Waals surface area contributed by atoms with Gasteiger partial charge < -0.3 is 11.1 Å². The number of benzene rings is 2. The first-order chi connectivity index (χ1) is 10.7. The highest BCUT2D eigenvalue weighted by atomic mass is 35.5. The molecule has 0 heterocycles. The summed E-state index contributed by atoms with van der Waals surface area (Å²) in [7, 11) is -3.21. The van der Waals surface area contributed by atoms with Gasteiger partial charge in [-0.2, -0.15) is 0 Å². The number of nitrogen functional groups attached to an aromatic ring is 1. The SMILES string of the molecule is CS(=O)(=O)Cc1cc(NC(=O)Cc2ccc(N)cc2)ccc1Cl.Cl. The van der Waals surface area contributed by atoms with Gasteiger partial charge in [0.1, 0.15) is 0 Å². The molecule has 8 heteroatoms. The van der Waals surface area contributed by atoms with Gasteiger partial charge >= 0.3 is 0 Å². The van der Waals surface area contributed by atoms with E-state index in [4.69, 9.17) is 17.3 Å². The highest BCUT2D eigenvalue weighted by molar-refractivity contribution is 7.89. The molecule has 0 aromatic heterocycles. The van der Waals surface area contributed by atoms with Crippen molar-refractivity contribution in [1.82, 2.24) is 0 Å². The number of carbonyl (C=O) groups excluding carboxylic acids is 1. The van der Waals surface area contributed by atoms with Gasteiger partial charge in [-0.1, -0.05) is 23.7 Å². The van der Waals surface area contributed by atoms with Crippen molar-refractivity contribution in [3.05, 3.63) is 58.6 Å². The Morgan fingerprint density at radius 1 is 1.17 bits per heavy atom. The van der Waals surface area contributed by atoms with Gasteiger partial charge in [0.15, 0.2) is 9.84 Å². The number of halogens is 2. The first-order valence-electron chi connectivity index (χ1n) is 6.83. The van der Waals surface area contributed by atoms with Crippen molar-refractivity contribution in [3.63, 3.8) is 0 Å². The van der Waals surface area contributed by atoms with Crippen LogP contribution in [0.5, 0.6) is 0 Å². The number of nitrogens with two attached hydrogens (primary N) is 1. The average molecular weight is 389 g/mol. The quantitative estimate of drug-likeness (QED) is 0.770. The lowest BCUT2D eigenvalue weighted by molar-refractivity contribution is -0.115. The zero-order valence-corrected chi connectivity index (χ0v) is 15.3. The molecule has 0 saturated heterocycles. The van der Waals surface area contributed by atoms with Crippen LogP contribution in [0.4, 0.5) is 11.4 Å². The Kier molecular flexibility index (Phi) is 7.08. The molecule has 0 atom stereocenters. The van der Waals surface area contributed by atoms with Crippen molar-refractivity contribution in [1.29, 1.82) is 0 Å². The first kappa shape index (κ1) is 20.3. The first-order valence-corrected chi connectivity index (χ1v) is 9.27. The largest absolute Gasteiger partial charge is 0.399 e. The summed E-state index contributed by atoms with van der Waals surface area (Å²) < 4.78 is 22.8. The summed E-state index contributed by atoms with van der Waals surface area (Å²) in [5.41, 5.74) is 8.04. The van der Waals surface area contributed by atoms with Crippen molar-refractivity contribution in [2.24, 2.45) is 0 Å². The maximum atomic E-state index is 12.1. The van der Waals surface area contributed by atoms with E-state index in [0.717, 1.165) is 11.8 Å². The molecule has 3 N–H and O–H groups in total. The normalized spacial score (nSPS) is 10.8. The Labute approximate surface area is 152 Å². The van der Waals surface area contributed by atoms with Crippen molar-refractivity contribution in [3.8, 4) is 0 Å². The summed E-state index contributed by atoms with van der Waals surface area (Å²) in [6.45, 7) is 0. The molecule has 2 aromatic carbocycles. The summed E-state index contributed by atoms with van der Waals surface area (Å²) in [6, 6.07) is 11.8. The molecule has 0 aliphatic carbocycles. The van der Waals surface area contributed by atoms with Gasteiger partial charge in [-0.3, -0.25) is 4.79 Å². The number of sulfone groups is 1. The van der Waals surface area contributed by atoms with E-state index in [1.807, 2.05) is 0 Å². The third-order valence-electron chi connectivity index (χ3n) is 3.09. The number of carbonyl (C=O) groups is 1. The van der Waals surface area contributed by atoms with Crippen LogP contribution in [0.3, 0.4) is 0 Å². The van der Waals surface area contributed by atoms with Crippen LogP contribution in [-0.2, 0) is 26.8 Å². The molecule has 0 spiro atoms. The molecular weight excluding hydrogens is 371 g/mol. The number of hydrogen-bond acceptors (Lipinski definition) is 4. The zero-order chi connectivity index (χ0) is 17.0. The summed E-state index contributed by atoms with van der Waals surface area (Å²) in [5.74, 6) is -0.379. The van der Waals surface area contributed by atoms with Gasteiger partial charge in [0.2, 0.25) is 5.91 Å². The molecule has 2 aromatic rings. The summed E-state index contributed by atoms with van der Waals surface area (Å²) >= 11 is 5.99. The Bertz CT molecular complexity index is 822. The second-order valence-electron chi connectivity index (χ2n) is 5.34. The highest BCUT2D eigenvalue weighted by Crippen LogP contribution is 2.22. The van der Waals surface area contributed by atoms with Gasteiger partial charge in [-0.25, -0.2) is 8.42 Å². The second kappa shape index (κ2) is 8.37. The van der Waals surface area contributed by atoms with Crippen molar-refractivity contribution in [2.45, 2.75) is 12.2 Å². The molecule has 0 radical (unpaired) electrons. The molecule has 0 bridgehead atoms. The number of hydrogen-bond donors (Lipinski definition) is 2. The molecule has 0 fully saturated rings. The minimum absolute atomic E-state index is 0. The third-order valence-corrected chi connectivity index (χ3v) is 4.30. The lowest BCUT2D eigenvalue weighted by Gasteiger charge is -2.09. The molecule has 0 aliphatic rings. The van der Waals surface area contributed by atoms with Gasteiger partial charge in [-0.05, 0) is 41.5 Å². The minimum Gasteiger partial charge on any atom is -0.399 e. The molecule has 0 unspecified atom stereocenters. The van der Waals surface area contributed by atoms with E-state index in [9.17, 15) is 13.2 Å². The predicted octanol–water partition coefficient (Wildman–Crippen LogP) is 3.07. The summed E-state index contributed by atoms with van der Waals surface area (Å²) in [5, 5.41) is 3.09. The van der Waals surface area contributed by atoms with Crippen molar-refractivity contribution in [2.75, 3.05) is 17.3 Å². The van der Waals surface area contributed by atoms with Crippen LogP contribution >= 0.6 is 24.0 Å². The maximum absolute atomic E-state index is 12.1. The second-order valence-corrected chi connectivity index (χ2v) is 7.89. The summed E-state index contributed by atoms with van der Waals surface area (Å²) in [6.07, 6.45) is 1.33. The van der Waals surface area contributed by atoms with Crippen LogP contribution < -0.4 is 11.1 Å². The molecular formula is C16H18Cl2N2O3S. The smallest absolute Gasteiger partial charge is 0.228 e. The molecule has 0 saturated carbocycles. The standard InChI is InChI=1S/C16H17ClN2O3S.ClH/c1-23(21,22)10-12-9-14(6-7-15(12)17)19-16(20)8-11-2-4-13(18)5-3-11;/h2-7,9H,8,10,18H2,1H3,(H,19,20);1H. The van der Waals surface area contributed by atoms with E-state index in [1.54, 1.807) is 42.5 Å². The van der Waals surface area contributed by atoms with E-state index in [1.165, 1.54) is 0 Å². The maximum Gasteiger partial charge on any atom is 0.228 e. The van der Waals surface area contributed by atoms with Crippen molar-refractivity contribution >= 4 is 51.1 Å². The lowest BCUT2D eigenvalue weighted by atomic mass is 10.1. The molecule has 0 aliphatic heterocycles. The molecule has 2 rings (SSSR count). The van der Waals surface area contributed by atoms with Gasteiger partial charge in [-0.15, -0.1) is 12.4 Å². The molecule has 5 nitrogen and oxygen atoms in total. The minimum atomic E-state index is -3.21. The van der Waals surface area contributed by atoms with E-state index in [0.29, 0.717) is 22.0 Å². The van der Waals surface area contributed by atoms with Crippen LogP contribution in [0.15, 0.2) is 42.5 Å². The fraction of sp³-hybridized carbons (Fsp3) is 0.188. The van der Waals surface area contributed by atoms with Crippen LogP contribution in [0.2, 0.25) is 5.02 Å². The number of rotatable bonds is 5. The van der Waals surface area contributed by atoms with Gasteiger partial charge in [0.25, 0.3) is 0 Å². The molecule has 130 valence electrons. The zero-order valence-electron chi connectivity index (χ0n) is 13.0. The third kappa shape index (κ3) is 6.39. The van der Waals surface area contributed by atoms with Crippen LogP contribution in [-0.4, -0.2) is 20.6 Å². The van der Waals surface area contributed by atoms with E-state index < -0.39 is 9.84 Å². The van der Waals surface area contributed by atoms with E-state index in [2.05, 4.69) is 5.32 Å². The number of nitrogens with one attached hydrogen (secondary N) is 1. The van der Waals surface area contributed by atoms with Crippen molar-refractivity contribution < 1.29 is 13.2 Å². The van der Waals surface area contributed by atoms with E-state index >= 15 is 0 Å². The summed E-state index contributed by atoms with van der Waals surface area (Å²) in [4.78, 5) is 12.1. The Morgan fingerprint density at radius 3 is 2.38 bits per heavy atom. The van der Waals surface area contributed by atoms with Gasteiger partial charge in [0, 0.05) is 22.7 Å². The fourth-order valence-electron chi connectivity index (χ4n) is 2.07. The Morgan fingerprint density at radius 2 is 1.79 bits per heavy atom. The Balaban J connectivity index is 0.00000288. The fourth-order valence-corrected chi connectivity index (χ4v) is 3.14.